The Hall–Kier alpha value is -0.610. The van der Waals surface area contributed by atoms with Crippen LogP contribution in [0.2, 0.25) is 0 Å². The monoisotopic (exact) mass is 266 g/mol. The molecule has 0 radical (unpaired) electrons. The molecule has 0 aromatic heterocycles. The van der Waals surface area contributed by atoms with E-state index in [9.17, 15) is 4.79 Å². The Bertz CT molecular complexity index is 334. The number of hydrogen-bond acceptors (Lipinski definition) is 3. The van der Waals surface area contributed by atoms with Crippen molar-refractivity contribution in [1.29, 1.82) is 0 Å². The van der Waals surface area contributed by atoms with Crippen LogP contribution in [0.4, 0.5) is 0 Å². The topological polar surface area (TPSA) is 50.4 Å². The third kappa shape index (κ3) is 2.65. The highest BCUT2D eigenvalue weighted by atomic mass is 16.5. The molecule has 0 aromatic rings. The summed E-state index contributed by atoms with van der Waals surface area (Å²) in [6.07, 6.45) is 6.30. The van der Waals surface area contributed by atoms with Crippen molar-refractivity contribution in [2.45, 2.75) is 51.2 Å². The highest BCUT2D eigenvalue weighted by Crippen LogP contribution is 2.37. The van der Waals surface area contributed by atoms with Crippen LogP contribution in [0.1, 0.15) is 39.0 Å². The molecule has 0 bridgehead atoms. The van der Waals surface area contributed by atoms with Gasteiger partial charge in [-0.2, -0.15) is 0 Å². The van der Waals surface area contributed by atoms with Crippen LogP contribution in [0, 0.1) is 17.8 Å². The molecule has 2 aliphatic heterocycles. The molecule has 2 N–H and O–H groups in total. The van der Waals surface area contributed by atoms with Crippen LogP contribution in [0.15, 0.2) is 0 Å². The number of carbonyl (C=O) groups excluding carboxylic acids is 1. The number of amides is 1. The van der Waals surface area contributed by atoms with E-state index in [4.69, 9.17) is 4.74 Å². The molecule has 0 aromatic carbocycles. The van der Waals surface area contributed by atoms with Gasteiger partial charge in [0.1, 0.15) is 0 Å². The highest BCUT2D eigenvalue weighted by molar-refractivity contribution is 5.82. The fourth-order valence-corrected chi connectivity index (χ4v) is 4.19. The minimum Gasteiger partial charge on any atom is -0.378 e. The van der Waals surface area contributed by atoms with Crippen molar-refractivity contribution in [3.05, 3.63) is 0 Å². The zero-order chi connectivity index (χ0) is 13.2. The third-order valence-electron chi connectivity index (χ3n) is 5.32. The summed E-state index contributed by atoms with van der Waals surface area (Å²) in [5, 5.41) is 6.58. The molecule has 19 heavy (non-hydrogen) atoms. The molecular weight excluding hydrogens is 240 g/mol. The summed E-state index contributed by atoms with van der Waals surface area (Å²) in [4.78, 5) is 12.3. The molecule has 3 rings (SSSR count). The SMILES string of the molecule is CCC1OCCC1CNC(=O)C1NCC2CCCC21. The Morgan fingerprint density at radius 2 is 2.26 bits per heavy atom. The number of fused-ring (bicyclic) bond motifs is 1. The van der Waals surface area contributed by atoms with Gasteiger partial charge in [0.05, 0.1) is 12.1 Å². The van der Waals surface area contributed by atoms with E-state index < -0.39 is 0 Å². The van der Waals surface area contributed by atoms with Crippen molar-refractivity contribution in [2.75, 3.05) is 19.7 Å². The zero-order valence-corrected chi connectivity index (χ0v) is 11.9. The first kappa shape index (κ1) is 13.4. The maximum Gasteiger partial charge on any atom is 0.237 e. The van der Waals surface area contributed by atoms with Gasteiger partial charge < -0.3 is 15.4 Å². The summed E-state index contributed by atoms with van der Waals surface area (Å²) < 4.78 is 5.67. The van der Waals surface area contributed by atoms with E-state index in [0.29, 0.717) is 17.9 Å². The number of rotatable bonds is 4. The minimum atomic E-state index is 0.0647. The minimum absolute atomic E-state index is 0.0647. The standard InChI is InChI=1S/C15H26N2O2/c1-2-13-11(6-7-19-13)9-17-15(18)14-12-5-3-4-10(12)8-16-14/h10-14,16H,2-9H2,1H3,(H,17,18). The molecule has 3 aliphatic rings. The van der Waals surface area contributed by atoms with Gasteiger partial charge in [0.25, 0.3) is 0 Å². The zero-order valence-electron chi connectivity index (χ0n) is 11.9. The van der Waals surface area contributed by atoms with Crippen molar-refractivity contribution in [3.63, 3.8) is 0 Å². The van der Waals surface area contributed by atoms with Gasteiger partial charge in [-0.3, -0.25) is 4.79 Å². The fourth-order valence-electron chi connectivity index (χ4n) is 4.19. The van der Waals surface area contributed by atoms with E-state index in [-0.39, 0.29) is 11.9 Å². The van der Waals surface area contributed by atoms with E-state index in [1.54, 1.807) is 0 Å². The molecule has 5 atom stereocenters. The molecule has 2 saturated heterocycles. The highest BCUT2D eigenvalue weighted by Gasteiger charge is 2.42. The predicted octanol–water partition coefficient (Wildman–Crippen LogP) is 1.31. The van der Waals surface area contributed by atoms with Gasteiger partial charge in [0.2, 0.25) is 5.91 Å². The Kier molecular flexibility index (Phi) is 4.08. The summed E-state index contributed by atoms with van der Waals surface area (Å²) in [6.45, 7) is 4.83. The second-order valence-corrected chi connectivity index (χ2v) is 6.35. The van der Waals surface area contributed by atoms with Gasteiger partial charge in [0, 0.05) is 19.1 Å². The molecule has 3 fully saturated rings. The molecule has 1 saturated carbocycles. The van der Waals surface area contributed by atoms with E-state index in [1.807, 2.05) is 0 Å². The number of nitrogens with one attached hydrogen (secondary N) is 2. The molecule has 1 aliphatic carbocycles. The number of hydrogen-bond donors (Lipinski definition) is 2. The van der Waals surface area contributed by atoms with Gasteiger partial charge in [-0.1, -0.05) is 13.3 Å². The molecule has 4 heteroatoms. The summed E-state index contributed by atoms with van der Waals surface area (Å²) in [7, 11) is 0. The number of carbonyl (C=O) groups is 1. The Morgan fingerprint density at radius 3 is 3.11 bits per heavy atom. The molecular formula is C15H26N2O2. The van der Waals surface area contributed by atoms with Gasteiger partial charge in [0.15, 0.2) is 0 Å². The van der Waals surface area contributed by atoms with E-state index in [0.717, 1.165) is 38.5 Å². The van der Waals surface area contributed by atoms with Crippen molar-refractivity contribution in [2.24, 2.45) is 17.8 Å². The lowest BCUT2D eigenvalue weighted by atomic mass is 9.93. The normalized spacial score (nSPS) is 41.4. The van der Waals surface area contributed by atoms with E-state index in [2.05, 4.69) is 17.6 Å². The molecule has 4 nitrogen and oxygen atoms in total. The lowest BCUT2D eigenvalue weighted by Gasteiger charge is -2.21. The lowest BCUT2D eigenvalue weighted by molar-refractivity contribution is -0.124. The average molecular weight is 266 g/mol. The molecule has 5 unspecified atom stereocenters. The third-order valence-corrected chi connectivity index (χ3v) is 5.32. The second-order valence-electron chi connectivity index (χ2n) is 6.35. The van der Waals surface area contributed by atoms with Gasteiger partial charge in [-0.25, -0.2) is 0 Å². The van der Waals surface area contributed by atoms with Crippen molar-refractivity contribution >= 4 is 5.91 Å². The van der Waals surface area contributed by atoms with Crippen molar-refractivity contribution < 1.29 is 9.53 Å². The first-order valence-corrected chi connectivity index (χ1v) is 7.92. The van der Waals surface area contributed by atoms with E-state index in [1.165, 1.54) is 19.3 Å². The van der Waals surface area contributed by atoms with E-state index >= 15 is 0 Å². The summed E-state index contributed by atoms with van der Waals surface area (Å²) in [6, 6.07) is 0.0647. The summed E-state index contributed by atoms with van der Waals surface area (Å²) in [5.74, 6) is 2.06. The van der Waals surface area contributed by atoms with Gasteiger partial charge in [-0.05, 0) is 44.1 Å². The Balaban J connectivity index is 1.49. The fraction of sp³-hybridized carbons (Fsp3) is 0.933. The van der Waals surface area contributed by atoms with Crippen LogP contribution in [-0.4, -0.2) is 37.7 Å². The van der Waals surface area contributed by atoms with Gasteiger partial charge >= 0.3 is 0 Å². The van der Waals surface area contributed by atoms with Gasteiger partial charge in [-0.15, -0.1) is 0 Å². The average Bonchev–Trinajstić information content (AvgIpc) is 3.11. The van der Waals surface area contributed by atoms with Crippen LogP contribution in [0.25, 0.3) is 0 Å². The molecule has 1 amide bonds. The quantitative estimate of drug-likeness (QED) is 0.806. The first-order valence-electron chi connectivity index (χ1n) is 7.92. The maximum absolute atomic E-state index is 12.3. The van der Waals surface area contributed by atoms with Crippen molar-refractivity contribution in [1.82, 2.24) is 10.6 Å². The van der Waals surface area contributed by atoms with Crippen LogP contribution in [0.3, 0.4) is 0 Å². The summed E-state index contributed by atoms with van der Waals surface area (Å²) in [5.41, 5.74) is 0. The molecule has 108 valence electrons. The lowest BCUT2D eigenvalue weighted by Crippen LogP contribution is -2.45. The second kappa shape index (κ2) is 5.80. The largest absolute Gasteiger partial charge is 0.378 e. The predicted molar refractivity (Wildman–Crippen MR) is 73.8 cm³/mol. The number of ether oxygens (including phenoxy) is 1. The molecule has 2 heterocycles. The smallest absolute Gasteiger partial charge is 0.237 e. The maximum atomic E-state index is 12.3. The Morgan fingerprint density at radius 1 is 1.37 bits per heavy atom. The van der Waals surface area contributed by atoms with Crippen LogP contribution in [0.5, 0.6) is 0 Å². The molecule has 0 spiro atoms. The first-order chi connectivity index (χ1) is 9.29. The van der Waals surface area contributed by atoms with Crippen LogP contribution < -0.4 is 10.6 Å². The summed E-state index contributed by atoms with van der Waals surface area (Å²) >= 11 is 0. The van der Waals surface area contributed by atoms with Crippen molar-refractivity contribution in [3.8, 4) is 0 Å². The Labute approximate surface area is 115 Å². The van der Waals surface area contributed by atoms with Crippen LogP contribution in [-0.2, 0) is 9.53 Å². The van der Waals surface area contributed by atoms with Crippen LogP contribution >= 0.6 is 0 Å².